The van der Waals surface area contributed by atoms with E-state index in [9.17, 15) is 4.79 Å². The quantitative estimate of drug-likeness (QED) is 0.255. The summed E-state index contributed by atoms with van der Waals surface area (Å²) in [4.78, 5) is 19.3. The Kier molecular flexibility index (Phi) is 7.38. The lowest BCUT2D eigenvalue weighted by Crippen LogP contribution is -2.37. The van der Waals surface area contributed by atoms with Gasteiger partial charge in [0.1, 0.15) is 12.2 Å². The molecule has 0 aliphatic heterocycles. The molecule has 0 N–H and O–H groups in total. The Balaban J connectivity index is 2.10. The van der Waals surface area contributed by atoms with Crippen molar-refractivity contribution in [2.24, 2.45) is 0 Å². The van der Waals surface area contributed by atoms with Crippen molar-refractivity contribution in [2.45, 2.75) is 46.8 Å². The molecule has 5 heteroatoms. The molecular weight excluding hydrogens is 501 g/mol. The number of hydrogen-bond acceptors (Lipinski definition) is 3. The van der Waals surface area contributed by atoms with E-state index in [1.165, 1.54) is 5.06 Å². The molecule has 0 radical (unpaired) electrons. The van der Waals surface area contributed by atoms with E-state index < -0.39 is 11.7 Å². The number of carbonyl (C=O) groups excluding carboxylic acids is 1. The molecule has 3 aromatic carbocycles. The number of aryl methyl sites for hydroxylation is 2. The highest BCUT2D eigenvalue weighted by atomic mass is 127. The molecule has 3 aromatic rings. The first-order valence-electron chi connectivity index (χ1n) is 10.2. The molecule has 0 fully saturated rings. The number of nitrogens with zero attached hydrogens (tertiary/aromatic N) is 1. The zero-order chi connectivity index (χ0) is 22.6. The van der Waals surface area contributed by atoms with Gasteiger partial charge in [-0.3, -0.25) is 4.84 Å². The summed E-state index contributed by atoms with van der Waals surface area (Å²) in [6, 6.07) is 21.9. The normalized spacial score (nSPS) is 11.3. The third-order valence-corrected chi connectivity index (χ3v) is 5.60. The van der Waals surface area contributed by atoms with Crippen LogP contribution in [0.15, 0.2) is 66.7 Å². The van der Waals surface area contributed by atoms with Gasteiger partial charge >= 0.3 is 6.09 Å². The third kappa shape index (κ3) is 5.86. The Morgan fingerprint density at radius 3 is 2.10 bits per heavy atom. The van der Waals surface area contributed by atoms with Gasteiger partial charge in [-0.2, -0.15) is 5.06 Å². The van der Waals surface area contributed by atoms with E-state index >= 15 is 0 Å². The van der Waals surface area contributed by atoms with Crippen LogP contribution in [0.4, 0.5) is 10.5 Å². The average Bonchev–Trinajstić information content (AvgIpc) is 2.69. The number of halogens is 1. The van der Waals surface area contributed by atoms with Crippen LogP contribution in [0, 0.1) is 17.4 Å². The molecule has 4 nitrogen and oxygen atoms in total. The van der Waals surface area contributed by atoms with Crippen molar-refractivity contribution in [3.05, 3.63) is 87.0 Å². The van der Waals surface area contributed by atoms with Crippen LogP contribution in [0.1, 0.15) is 37.5 Å². The molecule has 0 saturated carbocycles. The van der Waals surface area contributed by atoms with Gasteiger partial charge in [-0.1, -0.05) is 54.6 Å². The van der Waals surface area contributed by atoms with Crippen LogP contribution in [-0.4, -0.2) is 11.7 Å². The van der Waals surface area contributed by atoms with Gasteiger partial charge in [-0.25, -0.2) is 4.79 Å². The molecule has 3 rings (SSSR count). The maximum absolute atomic E-state index is 13.2. The number of ether oxygens (including phenoxy) is 1. The smallest absolute Gasteiger partial charge is 0.439 e. The SMILES string of the molecule is Cc1cccc(I)c1-c1c(C)cccc1N(OCc1ccccc1)C(=O)OC(C)(C)C. The summed E-state index contributed by atoms with van der Waals surface area (Å²) in [7, 11) is 0. The Labute approximate surface area is 198 Å². The monoisotopic (exact) mass is 529 g/mol. The Morgan fingerprint density at radius 2 is 1.48 bits per heavy atom. The Morgan fingerprint density at radius 1 is 0.871 bits per heavy atom. The van der Waals surface area contributed by atoms with Gasteiger partial charge in [0.2, 0.25) is 0 Å². The van der Waals surface area contributed by atoms with Crippen LogP contribution in [0.3, 0.4) is 0 Å². The van der Waals surface area contributed by atoms with Gasteiger partial charge in [-0.15, -0.1) is 0 Å². The maximum Gasteiger partial charge on any atom is 0.439 e. The molecule has 0 bridgehead atoms. The van der Waals surface area contributed by atoms with E-state index in [2.05, 4.69) is 41.6 Å². The summed E-state index contributed by atoms with van der Waals surface area (Å²) >= 11 is 2.34. The van der Waals surface area contributed by atoms with Crippen LogP contribution in [0.2, 0.25) is 0 Å². The van der Waals surface area contributed by atoms with Crippen molar-refractivity contribution in [1.29, 1.82) is 0 Å². The van der Waals surface area contributed by atoms with Gasteiger partial charge in [0.05, 0.1) is 5.69 Å². The summed E-state index contributed by atoms with van der Waals surface area (Å²) in [6.07, 6.45) is -0.543. The van der Waals surface area contributed by atoms with Gasteiger partial charge in [0.25, 0.3) is 0 Å². The second-order valence-electron chi connectivity index (χ2n) is 8.43. The summed E-state index contributed by atoms with van der Waals surface area (Å²) in [5.74, 6) is 0. The molecule has 0 aliphatic rings. The first-order valence-corrected chi connectivity index (χ1v) is 11.3. The lowest BCUT2D eigenvalue weighted by Gasteiger charge is -2.29. The van der Waals surface area contributed by atoms with Crippen molar-refractivity contribution in [1.82, 2.24) is 0 Å². The second-order valence-corrected chi connectivity index (χ2v) is 9.60. The van der Waals surface area contributed by atoms with E-state index in [4.69, 9.17) is 9.57 Å². The van der Waals surface area contributed by atoms with Crippen molar-refractivity contribution in [2.75, 3.05) is 5.06 Å². The maximum atomic E-state index is 13.2. The molecule has 0 atom stereocenters. The van der Waals surface area contributed by atoms with E-state index in [1.54, 1.807) is 0 Å². The van der Waals surface area contributed by atoms with Crippen LogP contribution >= 0.6 is 22.6 Å². The fourth-order valence-corrected chi connectivity index (χ4v) is 4.24. The van der Waals surface area contributed by atoms with E-state index in [-0.39, 0.29) is 6.61 Å². The number of benzene rings is 3. The van der Waals surface area contributed by atoms with Gasteiger partial charge in [0, 0.05) is 14.7 Å². The van der Waals surface area contributed by atoms with E-state index in [1.807, 2.05) is 82.3 Å². The summed E-state index contributed by atoms with van der Waals surface area (Å²) in [6.45, 7) is 9.92. The molecule has 162 valence electrons. The lowest BCUT2D eigenvalue weighted by atomic mass is 9.95. The minimum Gasteiger partial charge on any atom is -0.442 e. The van der Waals surface area contributed by atoms with E-state index in [0.717, 1.165) is 31.4 Å². The predicted molar refractivity (Wildman–Crippen MR) is 134 cm³/mol. The molecule has 0 saturated heterocycles. The molecule has 0 aromatic heterocycles. The van der Waals surface area contributed by atoms with Crippen molar-refractivity contribution < 1.29 is 14.4 Å². The summed E-state index contributed by atoms with van der Waals surface area (Å²) < 4.78 is 6.81. The molecule has 31 heavy (non-hydrogen) atoms. The fraction of sp³-hybridized carbons (Fsp3) is 0.269. The summed E-state index contributed by atoms with van der Waals surface area (Å²) in [5.41, 5.74) is 5.23. The molecule has 0 unspecified atom stereocenters. The first-order chi connectivity index (χ1) is 14.7. The minimum absolute atomic E-state index is 0.248. The zero-order valence-electron chi connectivity index (χ0n) is 18.6. The minimum atomic E-state index is -0.646. The molecule has 0 heterocycles. The highest BCUT2D eigenvalue weighted by Crippen LogP contribution is 2.39. The van der Waals surface area contributed by atoms with Crippen LogP contribution in [-0.2, 0) is 16.2 Å². The van der Waals surface area contributed by atoms with Crippen LogP contribution in [0.25, 0.3) is 11.1 Å². The van der Waals surface area contributed by atoms with Gasteiger partial charge < -0.3 is 4.74 Å². The molecular formula is C26H28INO3. The zero-order valence-corrected chi connectivity index (χ0v) is 20.8. The highest BCUT2D eigenvalue weighted by molar-refractivity contribution is 14.1. The Bertz CT molecular complexity index is 1040. The fourth-order valence-electron chi connectivity index (χ4n) is 3.33. The first kappa shape index (κ1) is 23.3. The number of hydroxylamine groups is 1. The van der Waals surface area contributed by atoms with Gasteiger partial charge in [-0.05, 0) is 86.0 Å². The number of anilines is 1. The lowest BCUT2D eigenvalue weighted by molar-refractivity contribution is 0.0191. The number of hydrogen-bond donors (Lipinski definition) is 0. The molecule has 0 spiro atoms. The van der Waals surface area contributed by atoms with Crippen LogP contribution < -0.4 is 5.06 Å². The van der Waals surface area contributed by atoms with Crippen molar-refractivity contribution >= 4 is 34.4 Å². The standard InChI is InChI=1S/C26H28INO3/c1-18-11-9-15-21(27)23(18)24-19(2)12-10-16-22(24)28(25(29)31-26(3,4)5)30-17-20-13-7-6-8-14-20/h6-16H,17H2,1-5H3. The van der Waals surface area contributed by atoms with Crippen molar-refractivity contribution in [3.63, 3.8) is 0 Å². The largest absolute Gasteiger partial charge is 0.442 e. The average molecular weight is 529 g/mol. The number of amides is 1. The van der Waals surface area contributed by atoms with Crippen molar-refractivity contribution in [3.8, 4) is 11.1 Å². The van der Waals surface area contributed by atoms with Gasteiger partial charge in [0.15, 0.2) is 0 Å². The molecule has 0 aliphatic carbocycles. The topological polar surface area (TPSA) is 38.8 Å². The Hall–Kier alpha value is -2.38. The second kappa shape index (κ2) is 9.83. The van der Waals surface area contributed by atoms with Crippen LogP contribution in [0.5, 0.6) is 0 Å². The predicted octanol–water partition coefficient (Wildman–Crippen LogP) is 7.45. The third-order valence-electron chi connectivity index (χ3n) is 4.70. The highest BCUT2D eigenvalue weighted by Gasteiger charge is 2.28. The molecule has 1 amide bonds. The number of carbonyl (C=O) groups is 1. The van der Waals surface area contributed by atoms with E-state index in [0.29, 0.717) is 5.69 Å². The number of rotatable bonds is 5. The summed E-state index contributed by atoms with van der Waals surface area (Å²) in [5, 5.41) is 1.29.